The summed E-state index contributed by atoms with van der Waals surface area (Å²) in [5, 5.41) is 6.69. The summed E-state index contributed by atoms with van der Waals surface area (Å²) in [5.74, 6) is -0.258. The van der Waals surface area contributed by atoms with E-state index in [2.05, 4.69) is 10.6 Å². The predicted molar refractivity (Wildman–Crippen MR) is 61.6 cm³/mol. The van der Waals surface area contributed by atoms with E-state index in [-0.39, 0.29) is 5.82 Å². The number of hydrogen-bond donors (Lipinski definition) is 2. The van der Waals surface area contributed by atoms with Crippen molar-refractivity contribution in [3.63, 3.8) is 0 Å². The summed E-state index contributed by atoms with van der Waals surface area (Å²) in [6.45, 7) is 3.42. The van der Waals surface area contributed by atoms with Gasteiger partial charge in [0, 0.05) is 29.7 Å². The molecule has 0 aliphatic carbocycles. The Morgan fingerprint density at radius 2 is 2.20 bits per heavy atom. The molecule has 1 aromatic carbocycles. The van der Waals surface area contributed by atoms with Crippen molar-refractivity contribution in [1.29, 1.82) is 0 Å². The van der Waals surface area contributed by atoms with E-state index < -0.39 is 0 Å². The van der Waals surface area contributed by atoms with Gasteiger partial charge in [-0.15, -0.1) is 0 Å². The van der Waals surface area contributed by atoms with Crippen molar-refractivity contribution in [3.8, 4) is 0 Å². The molecule has 0 bridgehead atoms. The fourth-order valence-corrected chi connectivity index (χ4v) is 1.49. The smallest absolute Gasteiger partial charge is 0.129 e. The van der Waals surface area contributed by atoms with Crippen LogP contribution in [0.4, 0.5) is 4.39 Å². The van der Waals surface area contributed by atoms with E-state index in [1.54, 1.807) is 12.1 Å². The molecule has 0 fully saturated rings. The summed E-state index contributed by atoms with van der Waals surface area (Å²) in [5.41, 5.74) is 0.641. The number of benzene rings is 1. The van der Waals surface area contributed by atoms with Crippen LogP contribution >= 0.6 is 11.6 Å². The maximum absolute atomic E-state index is 13.3. The van der Waals surface area contributed by atoms with Crippen LogP contribution in [-0.4, -0.2) is 19.6 Å². The SMILES string of the molecule is CNCC(C)NCc1ccc(Cl)cc1F. The van der Waals surface area contributed by atoms with Gasteiger partial charge in [-0.3, -0.25) is 0 Å². The van der Waals surface area contributed by atoms with Crippen LogP contribution in [0.2, 0.25) is 5.02 Å². The maximum Gasteiger partial charge on any atom is 0.129 e. The van der Waals surface area contributed by atoms with Gasteiger partial charge in [0.1, 0.15) is 5.82 Å². The first-order valence-electron chi connectivity index (χ1n) is 4.95. The zero-order valence-corrected chi connectivity index (χ0v) is 9.74. The van der Waals surface area contributed by atoms with Crippen LogP contribution in [0.25, 0.3) is 0 Å². The van der Waals surface area contributed by atoms with Crippen molar-refractivity contribution < 1.29 is 4.39 Å². The molecule has 0 spiro atoms. The highest BCUT2D eigenvalue weighted by atomic mass is 35.5. The van der Waals surface area contributed by atoms with Gasteiger partial charge in [0.15, 0.2) is 0 Å². The second-order valence-electron chi connectivity index (χ2n) is 3.58. The average Bonchev–Trinajstić information content (AvgIpc) is 2.17. The molecule has 0 aromatic heterocycles. The zero-order chi connectivity index (χ0) is 11.3. The van der Waals surface area contributed by atoms with Crippen LogP contribution in [-0.2, 0) is 6.54 Å². The van der Waals surface area contributed by atoms with Crippen molar-refractivity contribution in [2.45, 2.75) is 19.5 Å². The topological polar surface area (TPSA) is 24.1 Å². The van der Waals surface area contributed by atoms with Gasteiger partial charge in [-0.1, -0.05) is 17.7 Å². The minimum atomic E-state index is -0.258. The Balaban J connectivity index is 2.50. The fourth-order valence-electron chi connectivity index (χ4n) is 1.33. The summed E-state index contributed by atoms with van der Waals surface area (Å²) in [6, 6.07) is 5.05. The molecule has 0 aliphatic heterocycles. The second kappa shape index (κ2) is 6.05. The van der Waals surface area contributed by atoms with Gasteiger partial charge in [-0.2, -0.15) is 0 Å². The van der Waals surface area contributed by atoms with Gasteiger partial charge in [0.2, 0.25) is 0 Å². The fraction of sp³-hybridized carbons (Fsp3) is 0.455. The number of rotatable bonds is 5. The molecule has 0 radical (unpaired) electrons. The lowest BCUT2D eigenvalue weighted by atomic mass is 10.2. The van der Waals surface area contributed by atoms with Crippen LogP contribution in [0.1, 0.15) is 12.5 Å². The molecule has 1 rings (SSSR count). The molecule has 1 atom stereocenters. The Kier molecular flexibility index (Phi) is 5.02. The summed E-state index contributed by atoms with van der Waals surface area (Å²) < 4.78 is 13.3. The Bertz CT molecular complexity index is 317. The lowest BCUT2D eigenvalue weighted by Gasteiger charge is -2.13. The molecular weight excluding hydrogens is 215 g/mol. The van der Waals surface area contributed by atoms with Crippen LogP contribution in [0.15, 0.2) is 18.2 Å². The lowest BCUT2D eigenvalue weighted by molar-refractivity contribution is 0.509. The Hall–Kier alpha value is -0.640. The number of nitrogens with one attached hydrogen (secondary N) is 2. The minimum Gasteiger partial charge on any atom is -0.318 e. The molecule has 0 amide bonds. The van der Waals surface area contributed by atoms with Crippen LogP contribution in [0.3, 0.4) is 0 Å². The summed E-state index contributed by atoms with van der Waals surface area (Å²) in [7, 11) is 1.89. The summed E-state index contributed by atoms with van der Waals surface area (Å²) in [6.07, 6.45) is 0. The van der Waals surface area contributed by atoms with Gasteiger partial charge >= 0.3 is 0 Å². The maximum atomic E-state index is 13.3. The molecule has 1 aromatic rings. The second-order valence-corrected chi connectivity index (χ2v) is 4.01. The van der Waals surface area contributed by atoms with Gasteiger partial charge in [0.25, 0.3) is 0 Å². The number of likely N-dealkylation sites (N-methyl/N-ethyl adjacent to an activating group) is 1. The van der Waals surface area contributed by atoms with Crippen molar-refractivity contribution in [2.24, 2.45) is 0 Å². The molecule has 0 aliphatic rings. The van der Waals surface area contributed by atoms with E-state index in [0.717, 1.165) is 6.54 Å². The van der Waals surface area contributed by atoms with E-state index in [9.17, 15) is 4.39 Å². The molecule has 0 saturated heterocycles. The zero-order valence-electron chi connectivity index (χ0n) is 8.98. The quantitative estimate of drug-likeness (QED) is 0.810. The molecule has 84 valence electrons. The van der Waals surface area contributed by atoms with Crippen molar-refractivity contribution >= 4 is 11.6 Å². The average molecular weight is 231 g/mol. The first-order valence-corrected chi connectivity index (χ1v) is 5.33. The monoisotopic (exact) mass is 230 g/mol. The van der Waals surface area contributed by atoms with Gasteiger partial charge in [0.05, 0.1) is 0 Å². The first-order chi connectivity index (χ1) is 7.13. The Morgan fingerprint density at radius 3 is 2.80 bits per heavy atom. The standard InChI is InChI=1S/C11H16ClFN2/c1-8(6-14-2)15-7-9-3-4-10(12)5-11(9)13/h3-5,8,14-15H,6-7H2,1-2H3. The molecule has 0 heterocycles. The number of halogens is 2. The molecule has 15 heavy (non-hydrogen) atoms. The molecule has 0 saturated carbocycles. The van der Waals surface area contributed by atoms with Gasteiger partial charge in [-0.05, 0) is 26.1 Å². The molecule has 2 nitrogen and oxygen atoms in total. The highest BCUT2D eigenvalue weighted by Crippen LogP contribution is 2.14. The van der Waals surface area contributed by atoms with Gasteiger partial charge in [-0.25, -0.2) is 4.39 Å². The summed E-state index contributed by atoms with van der Waals surface area (Å²) in [4.78, 5) is 0. The predicted octanol–water partition coefficient (Wildman–Crippen LogP) is 2.18. The molecule has 4 heteroatoms. The Morgan fingerprint density at radius 1 is 1.47 bits per heavy atom. The number of hydrogen-bond acceptors (Lipinski definition) is 2. The van der Waals surface area contributed by atoms with E-state index in [4.69, 9.17) is 11.6 Å². The van der Waals surface area contributed by atoms with Crippen molar-refractivity contribution in [2.75, 3.05) is 13.6 Å². The third-order valence-corrected chi connectivity index (χ3v) is 2.40. The van der Waals surface area contributed by atoms with E-state index in [1.807, 2.05) is 14.0 Å². The van der Waals surface area contributed by atoms with E-state index >= 15 is 0 Å². The van der Waals surface area contributed by atoms with Gasteiger partial charge < -0.3 is 10.6 Å². The third kappa shape index (κ3) is 4.16. The van der Waals surface area contributed by atoms with Crippen molar-refractivity contribution in [1.82, 2.24) is 10.6 Å². The van der Waals surface area contributed by atoms with Crippen LogP contribution in [0, 0.1) is 5.82 Å². The third-order valence-electron chi connectivity index (χ3n) is 2.17. The van der Waals surface area contributed by atoms with Crippen LogP contribution < -0.4 is 10.6 Å². The molecular formula is C11H16ClFN2. The molecule has 2 N–H and O–H groups in total. The molecule has 1 unspecified atom stereocenters. The Labute approximate surface area is 94.8 Å². The van der Waals surface area contributed by atoms with Crippen LogP contribution in [0.5, 0.6) is 0 Å². The normalized spacial score (nSPS) is 12.8. The minimum absolute atomic E-state index is 0.258. The van der Waals surface area contributed by atoms with E-state index in [0.29, 0.717) is 23.2 Å². The van der Waals surface area contributed by atoms with Crippen molar-refractivity contribution in [3.05, 3.63) is 34.6 Å². The van der Waals surface area contributed by atoms with E-state index in [1.165, 1.54) is 6.07 Å². The first kappa shape index (κ1) is 12.4. The lowest BCUT2D eigenvalue weighted by Crippen LogP contribution is -2.34. The highest BCUT2D eigenvalue weighted by Gasteiger charge is 2.04. The summed E-state index contributed by atoms with van der Waals surface area (Å²) >= 11 is 5.66. The highest BCUT2D eigenvalue weighted by molar-refractivity contribution is 6.30. The largest absolute Gasteiger partial charge is 0.318 e.